The Balaban J connectivity index is 2.13. The highest BCUT2D eigenvalue weighted by Crippen LogP contribution is 2.21. The van der Waals surface area contributed by atoms with Gasteiger partial charge in [0.2, 0.25) is 5.69 Å². The fourth-order valence-corrected chi connectivity index (χ4v) is 2.65. The van der Waals surface area contributed by atoms with E-state index in [1.165, 1.54) is 4.68 Å². The largest absolute Gasteiger partial charge is 0.466 e. The van der Waals surface area contributed by atoms with Crippen molar-refractivity contribution in [2.24, 2.45) is 0 Å². The number of ether oxygens (including phenoxy) is 1. The third-order valence-electron chi connectivity index (χ3n) is 2.93. The molecule has 11 heteroatoms. The zero-order valence-corrected chi connectivity index (χ0v) is 13.8. The third-order valence-corrected chi connectivity index (χ3v) is 3.74. The lowest BCUT2D eigenvalue weighted by Crippen LogP contribution is -2.18. The Morgan fingerprint density at radius 3 is 2.83 bits per heavy atom. The van der Waals surface area contributed by atoms with Crippen molar-refractivity contribution in [1.82, 2.24) is 14.8 Å². The van der Waals surface area contributed by atoms with Crippen LogP contribution in [0.5, 0.6) is 0 Å². The molecule has 0 aliphatic rings. The first-order valence-electron chi connectivity index (χ1n) is 7.07. The number of nitro groups is 1. The van der Waals surface area contributed by atoms with Gasteiger partial charge in [0.25, 0.3) is 5.91 Å². The van der Waals surface area contributed by atoms with Crippen LogP contribution < -0.4 is 5.32 Å². The second-order valence-corrected chi connectivity index (χ2v) is 5.39. The van der Waals surface area contributed by atoms with E-state index in [4.69, 9.17) is 4.74 Å². The van der Waals surface area contributed by atoms with Gasteiger partial charge in [0.1, 0.15) is 6.20 Å². The van der Waals surface area contributed by atoms with Gasteiger partial charge in [-0.15, -0.1) is 11.3 Å². The summed E-state index contributed by atoms with van der Waals surface area (Å²) >= 11 is 1.11. The number of thiazole rings is 1. The lowest BCUT2D eigenvalue weighted by molar-refractivity contribution is -0.385. The maximum Gasteiger partial charge on any atom is 0.320 e. The van der Waals surface area contributed by atoms with E-state index >= 15 is 0 Å². The van der Waals surface area contributed by atoms with Crippen LogP contribution in [0, 0.1) is 10.1 Å². The van der Waals surface area contributed by atoms with Crippen LogP contribution >= 0.6 is 11.3 Å². The molecule has 2 rings (SSSR count). The maximum atomic E-state index is 12.3. The molecular weight excluding hydrogens is 338 g/mol. The van der Waals surface area contributed by atoms with E-state index in [1.54, 1.807) is 19.2 Å². The van der Waals surface area contributed by atoms with E-state index in [9.17, 15) is 19.7 Å². The number of amides is 1. The van der Waals surface area contributed by atoms with Crippen molar-refractivity contribution in [3.05, 3.63) is 33.1 Å². The minimum atomic E-state index is -0.682. The first-order valence-corrected chi connectivity index (χ1v) is 7.95. The van der Waals surface area contributed by atoms with Gasteiger partial charge in [-0.3, -0.25) is 29.7 Å². The molecule has 2 aromatic heterocycles. The molecule has 2 heterocycles. The summed E-state index contributed by atoms with van der Waals surface area (Å²) in [5.41, 5.74) is -0.0745. The monoisotopic (exact) mass is 353 g/mol. The number of nitrogens with zero attached hydrogens (tertiary/aromatic N) is 4. The lowest BCUT2D eigenvalue weighted by Gasteiger charge is -2.03. The molecule has 24 heavy (non-hydrogen) atoms. The highest BCUT2D eigenvalue weighted by molar-refractivity contribution is 7.14. The molecule has 0 saturated carbocycles. The summed E-state index contributed by atoms with van der Waals surface area (Å²) in [6.07, 6.45) is 1.03. The molecule has 128 valence electrons. The molecule has 10 nitrogen and oxygen atoms in total. The Kier molecular flexibility index (Phi) is 5.58. The van der Waals surface area contributed by atoms with Crippen LogP contribution in [0.1, 0.15) is 30.0 Å². The standard InChI is InChI=1S/C13H15N5O5S/c1-3-17-11(9(6-14-17)18(21)22)12(20)16-13-15-8(7-24-13)5-10(19)23-4-2/h6-7H,3-5H2,1-2H3,(H,15,16,20). The van der Waals surface area contributed by atoms with Gasteiger partial charge in [-0.2, -0.15) is 5.10 Å². The van der Waals surface area contributed by atoms with Crippen molar-refractivity contribution >= 4 is 34.0 Å². The van der Waals surface area contributed by atoms with Gasteiger partial charge in [-0.1, -0.05) is 0 Å². The number of carbonyl (C=O) groups excluding carboxylic acids is 2. The smallest absolute Gasteiger partial charge is 0.320 e. The minimum absolute atomic E-state index is 0.00670. The molecule has 0 aliphatic heterocycles. The van der Waals surface area contributed by atoms with Gasteiger partial charge < -0.3 is 4.74 Å². The summed E-state index contributed by atoms with van der Waals surface area (Å²) in [5, 5.41) is 19.2. The predicted molar refractivity (Wildman–Crippen MR) is 85.0 cm³/mol. The third kappa shape index (κ3) is 3.93. The van der Waals surface area contributed by atoms with E-state index in [2.05, 4.69) is 15.4 Å². The van der Waals surface area contributed by atoms with Crippen molar-refractivity contribution in [1.29, 1.82) is 0 Å². The molecule has 2 aromatic rings. The van der Waals surface area contributed by atoms with Gasteiger partial charge in [0.05, 0.1) is 23.6 Å². The Morgan fingerprint density at radius 1 is 1.46 bits per heavy atom. The first-order chi connectivity index (χ1) is 11.5. The molecule has 0 fully saturated rings. The Bertz CT molecular complexity index is 769. The SMILES string of the molecule is CCOC(=O)Cc1csc(NC(=O)c2c([N+](=O)[O-])cnn2CC)n1. The first kappa shape index (κ1) is 17.5. The zero-order chi connectivity index (χ0) is 17.7. The molecule has 0 aromatic carbocycles. The fraction of sp³-hybridized carbons (Fsp3) is 0.385. The van der Waals surface area contributed by atoms with Gasteiger partial charge in [-0.05, 0) is 13.8 Å². The Hall–Kier alpha value is -2.82. The quantitative estimate of drug-likeness (QED) is 0.455. The number of esters is 1. The van der Waals surface area contributed by atoms with Gasteiger partial charge in [-0.25, -0.2) is 4.98 Å². The zero-order valence-electron chi connectivity index (χ0n) is 13.0. The van der Waals surface area contributed by atoms with Crippen molar-refractivity contribution in [2.75, 3.05) is 11.9 Å². The van der Waals surface area contributed by atoms with E-state index in [0.717, 1.165) is 17.5 Å². The summed E-state index contributed by atoms with van der Waals surface area (Å²) < 4.78 is 6.06. The number of hydrogen-bond donors (Lipinski definition) is 1. The number of hydrogen-bond acceptors (Lipinski definition) is 8. The molecule has 0 spiro atoms. The fourth-order valence-electron chi connectivity index (χ4n) is 1.94. The number of carbonyl (C=O) groups is 2. The second kappa shape index (κ2) is 7.64. The molecule has 0 atom stereocenters. The van der Waals surface area contributed by atoms with Crippen LogP contribution in [0.4, 0.5) is 10.8 Å². The van der Waals surface area contributed by atoms with Crippen LogP contribution in [0.15, 0.2) is 11.6 Å². The van der Waals surface area contributed by atoms with E-state index in [0.29, 0.717) is 12.2 Å². The molecule has 1 amide bonds. The van der Waals surface area contributed by atoms with Gasteiger partial charge >= 0.3 is 11.7 Å². The molecule has 0 unspecified atom stereocenters. The van der Waals surface area contributed by atoms with E-state index < -0.39 is 16.8 Å². The van der Waals surface area contributed by atoms with Crippen LogP contribution in [0.2, 0.25) is 0 Å². The van der Waals surface area contributed by atoms with Gasteiger partial charge in [0, 0.05) is 11.9 Å². The topological polar surface area (TPSA) is 129 Å². The van der Waals surface area contributed by atoms with Crippen molar-refractivity contribution < 1.29 is 19.2 Å². The maximum absolute atomic E-state index is 12.3. The summed E-state index contributed by atoms with van der Waals surface area (Å²) in [4.78, 5) is 38.2. The van der Waals surface area contributed by atoms with E-state index in [1.807, 2.05) is 0 Å². The number of rotatable bonds is 7. The average molecular weight is 353 g/mol. The lowest BCUT2D eigenvalue weighted by atomic mass is 10.3. The number of aromatic nitrogens is 3. The van der Waals surface area contributed by atoms with E-state index in [-0.39, 0.29) is 29.5 Å². The van der Waals surface area contributed by atoms with Gasteiger partial charge in [0.15, 0.2) is 5.13 Å². The highest BCUT2D eigenvalue weighted by atomic mass is 32.1. The number of aryl methyl sites for hydroxylation is 1. The predicted octanol–water partition coefficient (Wildman–Crippen LogP) is 1.63. The molecule has 1 N–H and O–H groups in total. The summed E-state index contributed by atoms with van der Waals surface area (Å²) in [7, 11) is 0. The van der Waals surface area contributed by atoms with Crippen LogP contribution in [0.3, 0.4) is 0 Å². The normalized spacial score (nSPS) is 10.4. The molecule has 0 saturated heterocycles. The highest BCUT2D eigenvalue weighted by Gasteiger charge is 2.27. The van der Waals surface area contributed by atoms with Crippen molar-refractivity contribution in [2.45, 2.75) is 26.8 Å². The number of anilines is 1. The van der Waals surface area contributed by atoms with Crippen LogP contribution in [-0.2, 0) is 22.5 Å². The molecule has 0 aliphatic carbocycles. The van der Waals surface area contributed by atoms with Crippen LogP contribution in [-0.4, -0.2) is 38.2 Å². The molecule has 0 bridgehead atoms. The minimum Gasteiger partial charge on any atom is -0.466 e. The second-order valence-electron chi connectivity index (χ2n) is 4.53. The van der Waals surface area contributed by atoms with Crippen molar-refractivity contribution in [3.63, 3.8) is 0 Å². The molecule has 0 radical (unpaired) electrons. The number of nitrogens with one attached hydrogen (secondary N) is 1. The molecular formula is C13H15N5O5S. The van der Waals surface area contributed by atoms with Crippen molar-refractivity contribution in [3.8, 4) is 0 Å². The summed E-state index contributed by atoms with van der Waals surface area (Å²) in [6, 6.07) is 0. The summed E-state index contributed by atoms with van der Waals surface area (Å²) in [6.45, 7) is 4.00. The van der Waals surface area contributed by atoms with Crippen LogP contribution in [0.25, 0.3) is 0 Å². The summed E-state index contributed by atoms with van der Waals surface area (Å²) in [5.74, 6) is -1.10. The average Bonchev–Trinajstić information content (AvgIpc) is 3.13. The Labute approximate surface area is 140 Å². The Morgan fingerprint density at radius 2 is 2.21 bits per heavy atom.